The van der Waals surface area contributed by atoms with Crippen LogP contribution in [0.2, 0.25) is 5.02 Å². The van der Waals surface area contributed by atoms with Gasteiger partial charge in [-0.05, 0) is 30.5 Å². The zero-order valence-electron chi connectivity index (χ0n) is 15.5. The van der Waals surface area contributed by atoms with Crippen LogP contribution in [-0.2, 0) is 22.1 Å². The SMILES string of the molecule is CCNC(=NCc1ccccc1Cl)NCCCS(=O)(=O)Cc1ccccc1. The summed E-state index contributed by atoms with van der Waals surface area (Å²) in [5.41, 5.74) is 1.77. The third-order valence-electron chi connectivity index (χ3n) is 3.86. The van der Waals surface area contributed by atoms with E-state index in [0.717, 1.165) is 17.7 Å². The van der Waals surface area contributed by atoms with E-state index in [0.29, 0.717) is 30.5 Å². The average Bonchev–Trinajstić information content (AvgIpc) is 2.64. The molecule has 0 radical (unpaired) electrons. The molecule has 0 bridgehead atoms. The lowest BCUT2D eigenvalue weighted by Crippen LogP contribution is -2.38. The maximum atomic E-state index is 12.2. The van der Waals surface area contributed by atoms with Gasteiger partial charge in [0.2, 0.25) is 0 Å². The van der Waals surface area contributed by atoms with Crippen LogP contribution in [0.1, 0.15) is 24.5 Å². The molecule has 0 heterocycles. The Bertz CT molecular complexity index is 839. The summed E-state index contributed by atoms with van der Waals surface area (Å²) in [5.74, 6) is 0.866. The van der Waals surface area contributed by atoms with Gasteiger partial charge >= 0.3 is 0 Å². The lowest BCUT2D eigenvalue weighted by Gasteiger charge is -2.12. The molecule has 0 amide bonds. The molecule has 2 aromatic carbocycles. The molecule has 2 rings (SSSR count). The van der Waals surface area contributed by atoms with E-state index in [4.69, 9.17) is 11.6 Å². The first kappa shape index (κ1) is 21.3. The molecule has 0 saturated carbocycles. The number of benzene rings is 2. The first-order chi connectivity index (χ1) is 13.0. The molecule has 7 heteroatoms. The second-order valence-corrected chi connectivity index (χ2v) is 8.74. The number of hydrogen-bond donors (Lipinski definition) is 2. The van der Waals surface area contributed by atoms with E-state index in [9.17, 15) is 8.42 Å². The van der Waals surface area contributed by atoms with Crippen LogP contribution >= 0.6 is 11.6 Å². The molecule has 2 N–H and O–H groups in total. The van der Waals surface area contributed by atoms with Crippen molar-refractivity contribution in [2.75, 3.05) is 18.8 Å². The number of nitrogens with one attached hydrogen (secondary N) is 2. The van der Waals surface area contributed by atoms with E-state index in [-0.39, 0.29) is 11.5 Å². The average molecular weight is 408 g/mol. The summed E-state index contributed by atoms with van der Waals surface area (Å²) >= 11 is 6.15. The second kappa shape index (κ2) is 10.9. The molecule has 0 aliphatic rings. The summed E-state index contributed by atoms with van der Waals surface area (Å²) in [6.07, 6.45) is 0.520. The van der Waals surface area contributed by atoms with Gasteiger partial charge in [0.1, 0.15) is 0 Å². The lowest BCUT2D eigenvalue weighted by atomic mass is 10.2. The zero-order chi connectivity index (χ0) is 19.5. The fourth-order valence-electron chi connectivity index (χ4n) is 2.53. The normalized spacial score (nSPS) is 12.0. The van der Waals surface area contributed by atoms with Crippen LogP contribution < -0.4 is 10.6 Å². The molecule has 0 atom stereocenters. The number of aliphatic imine (C=N–C) groups is 1. The van der Waals surface area contributed by atoms with Crippen molar-refractivity contribution in [3.63, 3.8) is 0 Å². The van der Waals surface area contributed by atoms with E-state index >= 15 is 0 Å². The van der Waals surface area contributed by atoms with Crippen molar-refractivity contribution in [1.82, 2.24) is 10.6 Å². The van der Waals surface area contributed by atoms with Crippen LogP contribution in [0.5, 0.6) is 0 Å². The Balaban J connectivity index is 1.81. The Morgan fingerprint density at radius 2 is 1.74 bits per heavy atom. The summed E-state index contributed by atoms with van der Waals surface area (Å²) in [7, 11) is -3.12. The van der Waals surface area contributed by atoms with Crippen LogP contribution in [0.15, 0.2) is 59.6 Å². The zero-order valence-corrected chi connectivity index (χ0v) is 17.1. The van der Waals surface area contributed by atoms with Crippen molar-refractivity contribution in [3.05, 3.63) is 70.7 Å². The number of guanidine groups is 1. The highest BCUT2D eigenvalue weighted by Gasteiger charge is 2.11. The molecule has 0 unspecified atom stereocenters. The largest absolute Gasteiger partial charge is 0.357 e. The van der Waals surface area contributed by atoms with Gasteiger partial charge < -0.3 is 10.6 Å². The molecular formula is C20H26ClN3O2S. The van der Waals surface area contributed by atoms with Gasteiger partial charge in [-0.25, -0.2) is 13.4 Å². The molecule has 0 aliphatic carbocycles. The van der Waals surface area contributed by atoms with Gasteiger partial charge in [-0.3, -0.25) is 0 Å². The number of nitrogens with zero attached hydrogens (tertiary/aromatic N) is 1. The van der Waals surface area contributed by atoms with E-state index in [1.54, 1.807) is 0 Å². The fraction of sp³-hybridized carbons (Fsp3) is 0.350. The molecule has 146 valence electrons. The standard InChI is InChI=1S/C20H26ClN3O2S/c1-2-22-20(24-15-18-11-6-7-12-19(18)21)23-13-8-14-27(25,26)16-17-9-4-3-5-10-17/h3-7,9-12H,2,8,13-16H2,1H3,(H2,22,23,24). The van der Waals surface area contributed by atoms with Crippen molar-refractivity contribution in [2.45, 2.75) is 25.6 Å². The minimum absolute atomic E-state index is 0.0779. The summed E-state index contributed by atoms with van der Waals surface area (Å²) in [5, 5.41) is 7.02. The van der Waals surface area contributed by atoms with Gasteiger partial charge in [-0.1, -0.05) is 60.1 Å². The summed E-state index contributed by atoms with van der Waals surface area (Å²) < 4.78 is 24.5. The van der Waals surface area contributed by atoms with Gasteiger partial charge in [0.25, 0.3) is 0 Å². The first-order valence-corrected chi connectivity index (χ1v) is 11.2. The molecule has 0 fully saturated rings. The fourth-order valence-corrected chi connectivity index (χ4v) is 4.16. The van der Waals surface area contributed by atoms with E-state index in [1.807, 2.05) is 61.5 Å². The van der Waals surface area contributed by atoms with E-state index in [2.05, 4.69) is 15.6 Å². The van der Waals surface area contributed by atoms with Crippen LogP contribution in [-0.4, -0.2) is 33.2 Å². The van der Waals surface area contributed by atoms with E-state index < -0.39 is 9.84 Å². The van der Waals surface area contributed by atoms with Crippen LogP contribution in [0.25, 0.3) is 0 Å². The third-order valence-corrected chi connectivity index (χ3v) is 5.92. The minimum atomic E-state index is -3.12. The number of halogens is 1. The van der Waals surface area contributed by atoms with Crippen LogP contribution in [0, 0.1) is 0 Å². The second-order valence-electron chi connectivity index (χ2n) is 6.14. The van der Waals surface area contributed by atoms with Crippen molar-refractivity contribution >= 4 is 27.4 Å². The highest BCUT2D eigenvalue weighted by molar-refractivity contribution is 7.90. The van der Waals surface area contributed by atoms with Crippen molar-refractivity contribution in [3.8, 4) is 0 Å². The Morgan fingerprint density at radius 1 is 1.04 bits per heavy atom. The summed E-state index contributed by atoms with van der Waals surface area (Å²) in [6, 6.07) is 16.8. The predicted octanol–water partition coefficient (Wildman–Crippen LogP) is 3.40. The van der Waals surface area contributed by atoms with Crippen molar-refractivity contribution in [1.29, 1.82) is 0 Å². The molecule has 0 aromatic heterocycles. The van der Waals surface area contributed by atoms with Crippen LogP contribution in [0.4, 0.5) is 0 Å². The van der Waals surface area contributed by atoms with Gasteiger partial charge in [-0.15, -0.1) is 0 Å². The summed E-state index contributed by atoms with van der Waals surface area (Å²) in [4.78, 5) is 4.51. The molecule has 5 nitrogen and oxygen atoms in total. The molecule has 0 spiro atoms. The lowest BCUT2D eigenvalue weighted by molar-refractivity contribution is 0.591. The highest BCUT2D eigenvalue weighted by Crippen LogP contribution is 2.15. The Hall–Kier alpha value is -2.05. The quantitative estimate of drug-likeness (QED) is 0.379. The third kappa shape index (κ3) is 8.01. The van der Waals surface area contributed by atoms with Crippen molar-refractivity contribution < 1.29 is 8.42 Å². The first-order valence-electron chi connectivity index (χ1n) is 9.00. The van der Waals surface area contributed by atoms with Crippen LogP contribution in [0.3, 0.4) is 0 Å². The van der Waals surface area contributed by atoms with Crippen molar-refractivity contribution in [2.24, 2.45) is 4.99 Å². The number of hydrogen-bond acceptors (Lipinski definition) is 3. The molecule has 2 aromatic rings. The highest BCUT2D eigenvalue weighted by atomic mass is 35.5. The Labute approximate surface area is 166 Å². The summed E-state index contributed by atoms with van der Waals surface area (Å²) in [6.45, 7) is 3.70. The monoisotopic (exact) mass is 407 g/mol. The molecular weight excluding hydrogens is 382 g/mol. The molecule has 0 aliphatic heterocycles. The topological polar surface area (TPSA) is 70.6 Å². The smallest absolute Gasteiger partial charge is 0.191 e. The minimum Gasteiger partial charge on any atom is -0.357 e. The Kier molecular flexibility index (Phi) is 8.61. The van der Waals surface area contributed by atoms with E-state index in [1.165, 1.54) is 0 Å². The Morgan fingerprint density at radius 3 is 2.44 bits per heavy atom. The molecule has 27 heavy (non-hydrogen) atoms. The molecule has 0 saturated heterocycles. The maximum Gasteiger partial charge on any atom is 0.191 e. The number of sulfone groups is 1. The predicted molar refractivity (Wildman–Crippen MR) is 113 cm³/mol. The van der Waals surface area contributed by atoms with Gasteiger partial charge in [0.05, 0.1) is 18.1 Å². The maximum absolute atomic E-state index is 12.2. The van der Waals surface area contributed by atoms with Gasteiger partial charge in [0.15, 0.2) is 15.8 Å². The van der Waals surface area contributed by atoms with Gasteiger partial charge in [-0.2, -0.15) is 0 Å². The number of rotatable bonds is 9. The van der Waals surface area contributed by atoms with Gasteiger partial charge in [0, 0.05) is 18.1 Å².